The Morgan fingerprint density at radius 3 is 3.17 bits per heavy atom. The molecular formula is C16H22N4O2S. The van der Waals surface area contributed by atoms with Crippen LogP contribution in [0.15, 0.2) is 23.8 Å². The van der Waals surface area contributed by atoms with Crippen molar-refractivity contribution >= 4 is 17.2 Å². The van der Waals surface area contributed by atoms with Gasteiger partial charge in [0.25, 0.3) is 0 Å². The maximum Gasteiger partial charge on any atom is 0.225 e. The molecule has 0 aromatic carbocycles. The van der Waals surface area contributed by atoms with Crippen molar-refractivity contribution < 1.29 is 9.53 Å². The normalized spacial score (nSPS) is 19.7. The summed E-state index contributed by atoms with van der Waals surface area (Å²) in [5, 5.41) is 10.2. The third kappa shape index (κ3) is 3.61. The number of aryl methyl sites for hydroxylation is 1. The fourth-order valence-electron chi connectivity index (χ4n) is 2.89. The first kappa shape index (κ1) is 16.1. The molecule has 1 aliphatic heterocycles. The number of aromatic nitrogens is 3. The summed E-state index contributed by atoms with van der Waals surface area (Å²) in [5.41, 5.74) is 0. The fraction of sp³-hybridized carbons (Fsp3) is 0.562. The molecule has 2 aromatic rings. The second-order valence-corrected chi connectivity index (χ2v) is 6.84. The predicted octanol–water partition coefficient (Wildman–Crippen LogP) is 2.14. The number of morpholine rings is 1. The molecule has 0 bridgehead atoms. The highest BCUT2D eigenvalue weighted by Gasteiger charge is 2.30. The molecule has 0 aliphatic carbocycles. The molecule has 7 heteroatoms. The van der Waals surface area contributed by atoms with Crippen LogP contribution in [0, 0.1) is 5.92 Å². The second-order valence-electron chi connectivity index (χ2n) is 5.80. The van der Waals surface area contributed by atoms with E-state index in [4.69, 9.17) is 4.74 Å². The summed E-state index contributed by atoms with van der Waals surface area (Å²) in [6.07, 6.45) is 2.31. The lowest BCUT2D eigenvalue weighted by atomic mass is 10.0. The number of amides is 1. The summed E-state index contributed by atoms with van der Waals surface area (Å²) in [6, 6.07) is 4.11. The SMILES string of the molecule is CCn1cnnc1[C@H]1CN(C(=O)[C@H](C)Cc2cccs2)CCO1. The number of carbonyl (C=O) groups is 1. The Kier molecular flexibility index (Phi) is 5.07. The van der Waals surface area contributed by atoms with Crippen molar-refractivity contribution in [3.63, 3.8) is 0 Å². The molecule has 0 N–H and O–H groups in total. The van der Waals surface area contributed by atoms with Crippen molar-refractivity contribution in [2.75, 3.05) is 19.7 Å². The average Bonchev–Trinajstić information content (AvgIpc) is 3.25. The number of rotatable bonds is 5. The minimum atomic E-state index is -0.191. The van der Waals surface area contributed by atoms with Crippen LogP contribution in [0.5, 0.6) is 0 Å². The third-order valence-electron chi connectivity index (χ3n) is 4.16. The van der Waals surface area contributed by atoms with Crippen molar-refractivity contribution in [2.24, 2.45) is 5.92 Å². The molecule has 0 saturated carbocycles. The molecule has 23 heavy (non-hydrogen) atoms. The zero-order chi connectivity index (χ0) is 16.2. The smallest absolute Gasteiger partial charge is 0.225 e. The molecule has 2 atom stereocenters. The van der Waals surface area contributed by atoms with Gasteiger partial charge in [-0.1, -0.05) is 13.0 Å². The van der Waals surface area contributed by atoms with Gasteiger partial charge in [0.1, 0.15) is 12.4 Å². The van der Waals surface area contributed by atoms with Crippen molar-refractivity contribution in [1.29, 1.82) is 0 Å². The van der Waals surface area contributed by atoms with Gasteiger partial charge >= 0.3 is 0 Å². The lowest BCUT2D eigenvalue weighted by Crippen LogP contribution is -2.45. The Morgan fingerprint density at radius 1 is 1.57 bits per heavy atom. The van der Waals surface area contributed by atoms with Gasteiger partial charge in [0.05, 0.1) is 13.2 Å². The van der Waals surface area contributed by atoms with E-state index < -0.39 is 0 Å². The zero-order valence-corrected chi connectivity index (χ0v) is 14.3. The zero-order valence-electron chi connectivity index (χ0n) is 13.5. The lowest BCUT2D eigenvalue weighted by molar-refractivity contribution is -0.143. The van der Waals surface area contributed by atoms with Gasteiger partial charge in [-0.25, -0.2) is 0 Å². The van der Waals surface area contributed by atoms with Crippen LogP contribution in [-0.4, -0.2) is 45.3 Å². The fourth-order valence-corrected chi connectivity index (χ4v) is 3.73. The molecule has 0 unspecified atom stereocenters. The van der Waals surface area contributed by atoms with Gasteiger partial charge in [0.15, 0.2) is 5.82 Å². The standard InChI is InChI=1S/C16H22N4O2S/c1-3-19-11-17-18-15(19)14-10-20(6-7-22-14)16(21)12(2)9-13-5-4-8-23-13/h4-5,8,11-12,14H,3,6-7,9-10H2,1-2H3/t12-,14-/m1/s1. The minimum Gasteiger partial charge on any atom is -0.366 e. The van der Waals surface area contributed by atoms with E-state index in [0.29, 0.717) is 19.7 Å². The van der Waals surface area contributed by atoms with E-state index in [-0.39, 0.29) is 17.9 Å². The molecule has 3 heterocycles. The van der Waals surface area contributed by atoms with Crippen molar-refractivity contribution in [3.8, 4) is 0 Å². The molecular weight excluding hydrogens is 312 g/mol. The van der Waals surface area contributed by atoms with Gasteiger partial charge in [-0.3, -0.25) is 4.79 Å². The van der Waals surface area contributed by atoms with Gasteiger partial charge in [0, 0.05) is 23.9 Å². The van der Waals surface area contributed by atoms with E-state index in [9.17, 15) is 4.79 Å². The molecule has 124 valence electrons. The quantitative estimate of drug-likeness (QED) is 0.840. The predicted molar refractivity (Wildman–Crippen MR) is 88.2 cm³/mol. The van der Waals surface area contributed by atoms with E-state index in [0.717, 1.165) is 18.8 Å². The number of carbonyl (C=O) groups excluding carboxylic acids is 1. The molecule has 0 spiro atoms. The third-order valence-corrected chi connectivity index (χ3v) is 5.06. The number of thiophene rings is 1. The first-order chi connectivity index (χ1) is 11.2. The van der Waals surface area contributed by atoms with Gasteiger partial charge in [-0.05, 0) is 24.8 Å². The Hall–Kier alpha value is -1.73. The molecule has 6 nitrogen and oxygen atoms in total. The number of ether oxygens (including phenoxy) is 1. The summed E-state index contributed by atoms with van der Waals surface area (Å²) < 4.78 is 7.78. The van der Waals surface area contributed by atoms with E-state index in [1.807, 2.05) is 29.4 Å². The topological polar surface area (TPSA) is 60.2 Å². The summed E-state index contributed by atoms with van der Waals surface area (Å²) in [6.45, 7) is 6.57. The van der Waals surface area contributed by atoms with Crippen LogP contribution in [0.4, 0.5) is 0 Å². The van der Waals surface area contributed by atoms with Gasteiger partial charge < -0.3 is 14.2 Å². The van der Waals surface area contributed by atoms with Crippen molar-refractivity contribution in [2.45, 2.75) is 32.9 Å². The Balaban J connectivity index is 1.64. The summed E-state index contributed by atoms with van der Waals surface area (Å²) >= 11 is 1.70. The molecule has 3 rings (SSSR count). The van der Waals surface area contributed by atoms with E-state index in [1.54, 1.807) is 17.7 Å². The van der Waals surface area contributed by atoms with Crippen LogP contribution in [0.3, 0.4) is 0 Å². The molecule has 0 radical (unpaired) electrons. The van der Waals surface area contributed by atoms with Crippen LogP contribution in [-0.2, 0) is 22.5 Å². The number of hydrogen-bond donors (Lipinski definition) is 0. The average molecular weight is 334 g/mol. The highest BCUT2D eigenvalue weighted by molar-refractivity contribution is 7.09. The minimum absolute atomic E-state index is 0.0172. The molecule has 1 saturated heterocycles. The van der Waals surface area contributed by atoms with Crippen molar-refractivity contribution in [3.05, 3.63) is 34.5 Å². The summed E-state index contributed by atoms with van der Waals surface area (Å²) in [4.78, 5) is 15.9. The maximum absolute atomic E-state index is 12.7. The highest BCUT2D eigenvalue weighted by atomic mass is 32.1. The lowest BCUT2D eigenvalue weighted by Gasteiger charge is -2.34. The molecule has 1 amide bonds. The number of nitrogens with zero attached hydrogens (tertiary/aromatic N) is 4. The highest BCUT2D eigenvalue weighted by Crippen LogP contribution is 2.23. The van der Waals surface area contributed by atoms with Crippen LogP contribution < -0.4 is 0 Å². The van der Waals surface area contributed by atoms with Gasteiger partial charge in [0.2, 0.25) is 5.91 Å². The molecule has 1 aliphatic rings. The van der Waals surface area contributed by atoms with E-state index in [1.165, 1.54) is 4.88 Å². The summed E-state index contributed by atoms with van der Waals surface area (Å²) in [7, 11) is 0. The van der Waals surface area contributed by atoms with Gasteiger partial charge in [-0.15, -0.1) is 21.5 Å². The molecule has 2 aromatic heterocycles. The van der Waals surface area contributed by atoms with Gasteiger partial charge in [-0.2, -0.15) is 0 Å². The number of hydrogen-bond acceptors (Lipinski definition) is 5. The van der Waals surface area contributed by atoms with Crippen LogP contribution in [0.1, 0.15) is 30.7 Å². The Labute approximate surface area is 140 Å². The Bertz CT molecular complexity index is 640. The van der Waals surface area contributed by atoms with Crippen LogP contribution in [0.25, 0.3) is 0 Å². The molecule has 1 fully saturated rings. The van der Waals surface area contributed by atoms with E-state index >= 15 is 0 Å². The van der Waals surface area contributed by atoms with Crippen LogP contribution in [0.2, 0.25) is 0 Å². The largest absolute Gasteiger partial charge is 0.366 e. The Morgan fingerprint density at radius 2 is 2.43 bits per heavy atom. The van der Waals surface area contributed by atoms with E-state index in [2.05, 4.69) is 21.6 Å². The van der Waals surface area contributed by atoms with Crippen LogP contribution >= 0.6 is 11.3 Å². The van der Waals surface area contributed by atoms with Crippen molar-refractivity contribution in [1.82, 2.24) is 19.7 Å². The first-order valence-electron chi connectivity index (χ1n) is 7.99. The second kappa shape index (κ2) is 7.23. The summed E-state index contributed by atoms with van der Waals surface area (Å²) in [5.74, 6) is 0.974. The first-order valence-corrected chi connectivity index (χ1v) is 8.87. The maximum atomic E-state index is 12.7. The monoisotopic (exact) mass is 334 g/mol.